The number of amides is 3. The summed E-state index contributed by atoms with van der Waals surface area (Å²) in [7, 11) is 0. The van der Waals surface area contributed by atoms with E-state index in [0.717, 1.165) is 54.0 Å². The van der Waals surface area contributed by atoms with Gasteiger partial charge in [0.1, 0.15) is 0 Å². The fourth-order valence-electron chi connectivity index (χ4n) is 4.30. The van der Waals surface area contributed by atoms with Gasteiger partial charge in [-0.25, -0.2) is 15.0 Å². The highest BCUT2D eigenvalue weighted by atomic mass is 32.2. The van der Waals surface area contributed by atoms with E-state index in [2.05, 4.69) is 22.8 Å². The molecule has 4 rings (SSSR count). The second-order valence-electron chi connectivity index (χ2n) is 9.19. The van der Waals surface area contributed by atoms with Crippen molar-refractivity contribution in [2.45, 2.75) is 43.9 Å². The highest BCUT2D eigenvalue weighted by Gasteiger charge is 2.34. The number of hydrazone groups is 1. The molecule has 202 valence electrons. The SMILES string of the molecule is CCCCCCN1C(=O)/C(=N\NC(=O)Nc2ccccc2)c2cc(SCCc3ccc(C(=O)O)cc3)ccc21. The third kappa shape index (κ3) is 7.48. The summed E-state index contributed by atoms with van der Waals surface area (Å²) < 4.78 is 0. The van der Waals surface area contributed by atoms with E-state index in [4.69, 9.17) is 5.11 Å². The van der Waals surface area contributed by atoms with Crippen LogP contribution in [0.2, 0.25) is 0 Å². The Morgan fingerprint density at radius 2 is 1.74 bits per heavy atom. The summed E-state index contributed by atoms with van der Waals surface area (Å²) in [5, 5.41) is 16.0. The zero-order chi connectivity index (χ0) is 27.6. The monoisotopic (exact) mass is 544 g/mol. The number of hydrogen-bond donors (Lipinski definition) is 3. The molecule has 1 aliphatic heterocycles. The van der Waals surface area contributed by atoms with Gasteiger partial charge in [-0.15, -0.1) is 11.8 Å². The molecule has 0 aliphatic carbocycles. The number of benzene rings is 3. The van der Waals surface area contributed by atoms with Gasteiger partial charge in [0.05, 0.1) is 11.3 Å². The highest BCUT2D eigenvalue weighted by molar-refractivity contribution is 7.99. The molecule has 3 N–H and O–H groups in total. The Morgan fingerprint density at radius 3 is 2.46 bits per heavy atom. The molecule has 1 heterocycles. The summed E-state index contributed by atoms with van der Waals surface area (Å²) in [6.07, 6.45) is 4.94. The van der Waals surface area contributed by atoms with Crippen LogP contribution in [0.15, 0.2) is 82.8 Å². The first-order valence-electron chi connectivity index (χ1n) is 13.1. The number of hydrogen-bond acceptors (Lipinski definition) is 5. The quantitative estimate of drug-likeness (QED) is 0.143. The Balaban J connectivity index is 1.47. The summed E-state index contributed by atoms with van der Waals surface area (Å²) in [4.78, 5) is 39.6. The molecule has 0 unspecified atom stereocenters. The number of para-hydroxylation sites is 1. The van der Waals surface area contributed by atoms with Crippen LogP contribution in [0.3, 0.4) is 0 Å². The average Bonchev–Trinajstić information content (AvgIpc) is 3.20. The van der Waals surface area contributed by atoms with Crippen LogP contribution < -0.4 is 15.6 Å². The molecule has 1 aliphatic rings. The molecule has 0 spiro atoms. The van der Waals surface area contributed by atoms with E-state index in [-0.39, 0.29) is 17.2 Å². The number of carboxylic acid groups (broad SMARTS) is 1. The Kier molecular flexibility index (Phi) is 9.74. The van der Waals surface area contributed by atoms with Gasteiger partial charge in [-0.2, -0.15) is 5.10 Å². The topological polar surface area (TPSA) is 111 Å². The largest absolute Gasteiger partial charge is 0.478 e. The lowest BCUT2D eigenvalue weighted by atomic mass is 10.1. The number of rotatable bonds is 12. The lowest BCUT2D eigenvalue weighted by Gasteiger charge is -2.16. The van der Waals surface area contributed by atoms with Crippen molar-refractivity contribution in [1.82, 2.24) is 5.43 Å². The molecule has 0 atom stereocenters. The van der Waals surface area contributed by atoms with Crippen LogP contribution in [0.4, 0.5) is 16.2 Å². The normalized spacial score (nSPS) is 13.4. The third-order valence-electron chi connectivity index (χ3n) is 6.36. The van der Waals surface area contributed by atoms with Crippen LogP contribution in [0.25, 0.3) is 0 Å². The van der Waals surface area contributed by atoms with E-state index in [1.165, 1.54) is 0 Å². The van der Waals surface area contributed by atoms with Gasteiger partial charge < -0.3 is 15.3 Å². The molecule has 0 fully saturated rings. The van der Waals surface area contributed by atoms with Gasteiger partial charge in [-0.1, -0.05) is 56.5 Å². The molecule has 3 amide bonds. The van der Waals surface area contributed by atoms with E-state index in [0.29, 0.717) is 17.8 Å². The molecular weight excluding hydrogens is 512 g/mol. The maximum atomic E-state index is 13.4. The van der Waals surface area contributed by atoms with Gasteiger partial charge in [0.2, 0.25) is 0 Å². The van der Waals surface area contributed by atoms with Crippen LogP contribution in [0.1, 0.15) is 54.1 Å². The fraction of sp³-hybridized carbons (Fsp3) is 0.267. The van der Waals surface area contributed by atoms with Crippen LogP contribution >= 0.6 is 11.8 Å². The van der Waals surface area contributed by atoms with Crippen molar-refractivity contribution < 1.29 is 19.5 Å². The molecule has 39 heavy (non-hydrogen) atoms. The van der Waals surface area contributed by atoms with E-state index < -0.39 is 12.0 Å². The number of anilines is 2. The lowest BCUT2D eigenvalue weighted by Crippen LogP contribution is -2.33. The van der Waals surface area contributed by atoms with Gasteiger partial charge in [0.25, 0.3) is 5.91 Å². The lowest BCUT2D eigenvalue weighted by molar-refractivity contribution is -0.112. The Hall–Kier alpha value is -4.11. The molecule has 0 radical (unpaired) electrons. The number of urea groups is 1. The predicted molar refractivity (Wildman–Crippen MR) is 156 cm³/mol. The van der Waals surface area contributed by atoms with Crippen molar-refractivity contribution in [3.05, 3.63) is 89.5 Å². The number of nitrogens with zero attached hydrogens (tertiary/aromatic N) is 2. The maximum absolute atomic E-state index is 13.4. The van der Waals surface area contributed by atoms with Crippen molar-refractivity contribution in [2.75, 3.05) is 22.5 Å². The van der Waals surface area contributed by atoms with Crippen molar-refractivity contribution >= 4 is 46.8 Å². The van der Waals surface area contributed by atoms with Crippen LogP contribution in [0, 0.1) is 0 Å². The minimum absolute atomic E-state index is 0.218. The second-order valence-corrected chi connectivity index (χ2v) is 10.4. The first-order chi connectivity index (χ1) is 19.0. The number of nitrogens with one attached hydrogen (secondary N) is 2. The zero-order valence-electron chi connectivity index (χ0n) is 21.9. The van der Waals surface area contributed by atoms with Gasteiger partial charge in [0, 0.05) is 28.4 Å². The number of carbonyl (C=O) groups excluding carboxylic acids is 2. The first kappa shape index (κ1) is 27.9. The van der Waals surface area contributed by atoms with E-state index in [1.54, 1.807) is 40.9 Å². The molecule has 0 saturated carbocycles. The van der Waals surface area contributed by atoms with Crippen LogP contribution in [0.5, 0.6) is 0 Å². The number of aryl methyl sites for hydroxylation is 1. The van der Waals surface area contributed by atoms with E-state index in [1.807, 2.05) is 48.5 Å². The number of unbranched alkanes of at least 4 members (excludes halogenated alkanes) is 3. The second kappa shape index (κ2) is 13.6. The molecule has 3 aromatic rings. The Labute approximate surface area is 232 Å². The summed E-state index contributed by atoms with van der Waals surface area (Å²) >= 11 is 1.65. The molecule has 9 heteroatoms. The van der Waals surface area contributed by atoms with Crippen LogP contribution in [-0.4, -0.2) is 41.0 Å². The molecule has 3 aromatic carbocycles. The number of fused-ring (bicyclic) bond motifs is 1. The summed E-state index contributed by atoms with van der Waals surface area (Å²) in [6, 6.07) is 21.3. The van der Waals surface area contributed by atoms with E-state index >= 15 is 0 Å². The van der Waals surface area contributed by atoms with Crippen molar-refractivity contribution in [2.24, 2.45) is 5.10 Å². The Morgan fingerprint density at radius 1 is 0.974 bits per heavy atom. The highest BCUT2D eigenvalue weighted by Crippen LogP contribution is 2.33. The smallest absolute Gasteiger partial charge is 0.339 e. The summed E-state index contributed by atoms with van der Waals surface area (Å²) in [5.74, 6) is -0.376. The molecule has 0 aromatic heterocycles. The number of aromatic carboxylic acids is 1. The van der Waals surface area contributed by atoms with Crippen molar-refractivity contribution in [1.29, 1.82) is 0 Å². The summed E-state index contributed by atoms with van der Waals surface area (Å²) in [5.41, 5.74) is 6.15. The van der Waals surface area contributed by atoms with Gasteiger partial charge in [-0.05, 0) is 60.9 Å². The molecule has 0 bridgehead atoms. The number of carboxylic acids is 1. The maximum Gasteiger partial charge on any atom is 0.339 e. The number of thioether (sulfide) groups is 1. The zero-order valence-corrected chi connectivity index (χ0v) is 22.7. The fourth-order valence-corrected chi connectivity index (χ4v) is 5.24. The van der Waals surface area contributed by atoms with Gasteiger partial charge >= 0.3 is 12.0 Å². The van der Waals surface area contributed by atoms with Crippen LogP contribution in [-0.2, 0) is 11.2 Å². The van der Waals surface area contributed by atoms with E-state index in [9.17, 15) is 14.4 Å². The minimum atomic E-state index is -0.937. The van der Waals surface area contributed by atoms with Crippen molar-refractivity contribution in [3.8, 4) is 0 Å². The van der Waals surface area contributed by atoms with Gasteiger partial charge in [-0.3, -0.25) is 4.79 Å². The molecule has 8 nitrogen and oxygen atoms in total. The predicted octanol–water partition coefficient (Wildman–Crippen LogP) is 6.17. The van der Waals surface area contributed by atoms with Crippen molar-refractivity contribution in [3.63, 3.8) is 0 Å². The van der Waals surface area contributed by atoms with Gasteiger partial charge in [0.15, 0.2) is 5.71 Å². The third-order valence-corrected chi connectivity index (χ3v) is 7.35. The minimum Gasteiger partial charge on any atom is -0.478 e. The first-order valence-corrected chi connectivity index (χ1v) is 14.1. The Bertz CT molecular complexity index is 1340. The molecular formula is C30H32N4O4S. The average molecular weight is 545 g/mol. The standard InChI is InChI=1S/C30H32N4O4S/c1-2-3-4-8-18-34-26-16-15-24(39-19-17-21-11-13-22(14-12-21)29(36)37)20-25(26)27(28(34)35)32-33-30(38)31-23-9-6-5-7-10-23/h5-7,9-16,20H,2-4,8,17-19H2,1H3,(H,36,37)(H2,31,33,38)/b32-27-. The molecule has 0 saturated heterocycles. The summed E-state index contributed by atoms with van der Waals surface area (Å²) in [6.45, 7) is 2.75. The number of carbonyl (C=O) groups is 3.